The summed E-state index contributed by atoms with van der Waals surface area (Å²) in [5.41, 5.74) is 2.28. The number of aliphatic hydroxyl groups excluding tert-OH is 1. The normalized spacial score (nSPS) is 23.2. The van der Waals surface area contributed by atoms with Crippen LogP contribution in [-0.2, 0) is 4.79 Å². The van der Waals surface area contributed by atoms with Gasteiger partial charge in [-0.1, -0.05) is 12.2 Å². The maximum absolute atomic E-state index is 11.1. The zero-order chi connectivity index (χ0) is 9.14. The number of hydrogen-bond acceptors (Lipinski definition) is 5. The number of amides is 1. The lowest BCUT2D eigenvalue weighted by Gasteiger charge is -2.25. The minimum Gasteiger partial charge on any atom is -0.365 e. The standard InChI is InChI=1S/C6H9N3O2S/c1-9-4(2-3-12)7-8-5(10)6(9)11/h3,5,8,10H,2H2,1H3. The molecule has 0 aromatic heterocycles. The van der Waals surface area contributed by atoms with Crippen LogP contribution in [0.1, 0.15) is 6.42 Å². The van der Waals surface area contributed by atoms with Gasteiger partial charge in [-0.05, 0) is 5.37 Å². The predicted molar refractivity (Wildman–Crippen MR) is 47.6 cm³/mol. The number of amidine groups is 1. The quantitative estimate of drug-likeness (QED) is 0.548. The summed E-state index contributed by atoms with van der Waals surface area (Å²) in [7, 11) is 1.55. The van der Waals surface area contributed by atoms with E-state index in [1.165, 1.54) is 10.3 Å². The van der Waals surface area contributed by atoms with Crippen LogP contribution in [0.2, 0.25) is 0 Å². The number of nitrogens with one attached hydrogen (secondary N) is 1. The number of hydrogen-bond donors (Lipinski definition) is 2. The van der Waals surface area contributed by atoms with Gasteiger partial charge < -0.3 is 5.11 Å². The molecule has 5 nitrogen and oxygen atoms in total. The number of likely N-dealkylation sites (N-methyl/N-ethyl adjacent to an activating group) is 1. The molecule has 12 heavy (non-hydrogen) atoms. The first-order valence-corrected chi connectivity index (χ1v) is 3.85. The topological polar surface area (TPSA) is 64.9 Å². The molecule has 0 spiro atoms. The van der Waals surface area contributed by atoms with Crippen LogP contribution in [0.15, 0.2) is 5.10 Å². The maximum Gasteiger partial charge on any atom is 0.278 e. The van der Waals surface area contributed by atoms with Gasteiger partial charge in [0.25, 0.3) is 5.91 Å². The van der Waals surface area contributed by atoms with E-state index in [9.17, 15) is 4.79 Å². The first kappa shape index (κ1) is 9.08. The van der Waals surface area contributed by atoms with Crippen molar-refractivity contribution in [1.82, 2.24) is 10.3 Å². The molecule has 0 saturated carbocycles. The lowest BCUT2D eigenvalue weighted by molar-refractivity contribution is -0.138. The third-order valence-electron chi connectivity index (χ3n) is 1.53. The highest BCUT2D eigenvalue weighted by atomic mass is 32.1. The number of thiocarbonyl (C=S) groups is 1. The third-order valence-corrected chi connectivity index (χ3v) is 1.70. The number of carbonyl (C=O) groups excluding carboxylic acids is 1. The monoisotopic (exact) mass is 187 g/mol. The molecule has 1 unspecified atom stereocenters. The van der Waals surface area contributed by atoms with Gasteiger partial charge in [0.05, 0.1) is 0 Å². The van der Waals surface area contributed by atoms with Gasteiger partial charge >= 0.3 is 0 Å². The highest BCUT2D eigenvalue weighted by molar-refractivity contribution is 7.79. The van der Waals surface area contributed by atoms with Crippen molar-refractivity contribution in [3.05, 3.63) is 0 Å². The van der Waals surface area contributed by atoms with Gasteiger partial charge in [0.15, 0.2) is 0 Å². The second-order valence-electron chi connectivity index (χ2n) is 2.33. The number of aliphatic hydroxyl groups is 1. The Morgan fingerprint density at radius 2 is 2.58 bits per heavy atom. The summed E-state index contributed by atoms with van der Waals surface area (Å²) in [5, 5.41) is 14.2. The maximum atomic E-state index is 11.1. The molecule has 0 aliphatic carbocycles. The van der Waals surface area contributed by atoms with Gasteiger partial charge in [0.2, 0.25) is 6.23 Å². The van der Waals surface area contributed by atoms with Gasteiger partial charge in [-0.15, -0.1) is 0 Å². The number of carbonyl (C=O) groups is 1. The molecule has 0 radical (unpaired) electrons. The van der Waals surface area contributed by atoms with Crippen LogP contribution in [0.3, 0.4) is 0 Å². The lowest BCUT2D eigenvalue weighted by Crippen LogP contribution is -2.50. The second kappa shape index (κ2) is 3.59. The number of rotatable bonds is 2. The second-order valence-corrected chi connectivity index (χ2v) is 2.66. The van der Waals surface area contributed by atoms with E-state index in [0.717, 1.165) is 0 Å². The molecule has 66 valence electrons. The average Bonchev–Trinajstić information content (AvgIpc) is 2.07. The van der Waals surface area contributed by atoms with Crippen LogP contribution in [0, 0.1) is 0 Å². The summed E-state index contributed by atoms with van der Waals surface area (Å²) >= 11 is 4.62. The molecular formula is C6H9N3O2S. The van der Waals surface area contributed by atoms with Crippen LogP contribution in [0.5, 0.6) is 0 Å². The summed E-state index contributed by atoms with van der Waals surface area (Å²) < 4.78 is 0. The Balaban J connectivity index is 2.76. The molecule has 6 heteroatoms. The zero-order valence-electron chi connectivity index (χ0n) is 6.52. The molecular weight excluding hydrogens is 178 g/mol. The van der Waals surface area contributed by atoms with E-state index in [1.807, 2.05) is 0 Å². The largest absolute Gasteiger partial charge is 0.365 e. The van der Waals surface area contributed by atoms with Crippen molar-refractivity contribution in [1.29, 1.82) is 0 Å². The van der Waals surface area contributed by atoms with Crippen molar-refractivity contribution in [2.75, 3.05) is 7.05 Å². The minimum absolute atomic E-state index is 0.420. The fourth-order valence-electron chi connectivity index (χ4n) is 0.834. The molecule has 1 heterocycles. The average molecular weight is 187 g/mol. The molecule has 0 bridgehead atoms. The zero-order valence-corrected chi connectivity index (χ0v) is 7.34. The summed E-state index contributed by atoms with van der Waals surface area (Å²) in [6, 6.07) is 0. The highest BCUT2D eigenvalue weighted by Gasteiger charge is 2.26. The van der Waals surface area contributed by atoms with Crippen LogP contribution in [-0.4, -0.2) is 40.4 Å². The summed E-state index contributed by atoms with van der Waals surface area (Å²) in [4.78, 5) is 12.4. The fourth-order valence-corrected chi connectivity index (χ4v) is 0.983. The molecule has 0 aromatic carbocycles. The van der Waals surface area contributed by atoms with Crippen molar-refractivity contribution < 1.29 is 9.90 Å². The number of nitrogens with zero attached hydrogens (tertiary/aromatic N) is 2. The van der Waals surface area contributed by atoms with Crippen LogP contribution in [0.4, 0.5) is 0 Å². The Morgan fingerprint density at radius 3 is 3.17 bits per heavy atom. The molecule has 2 N–H and O–H groups in total. The molecule has 1 atom stereocenters. The van der Waals surface area contributed by atoms with Gasteiger partial charge in [0, 0.05) is 13.5 Å². The van der Waals surface area contributed by atoms with Crippen LogP contribution >= 0.6 is 12.2 Å². The van der Waals surface area contributed by atoms with Crippen molar-refractivity contribution in [3.63, 3.8) is 0 Å². The molecule has 0 fully saturated rings. The van der Waals surface area contributed by atoms with E-state index < -0.39 is 12.1 Å². The lowest BCUT2D eigenvalue weighted by atomic mass is 10.3. The molecule has 1 rings (SSSR count). The SMILES string of the molecule is CN1C(=O)C(O)NN=C1CC=S. The first-order valence-electron chi connectivity index (χ1n) is 3.38. The molecule has 0 aromatic rings. The van der Waals surface area contributed by atoms with Gasteiger partial charge in [-0.25, -0.2) is 0 Å². The van der Waals surface area contributed by atoms with Crippen molar-refractivity contribution >= 4 is 29.3 Å². The molecule has 1 amide bonds. The van der Waals surface area contributed by atoms with E-state index in [-0.39, 0.29) is 0 Å². The van der Waals surface area contributed by atoms with Gasteiger partial charge in [0.1, 0.15) is 5.84 Å². The third kappa shape index (κ3) is 1.59. The van der Waals surface area contributed by atoms with Gasteiger partial charge in [-0.2, -0.15) is 5.10 Å². The van der Waals surface area contributed by atoms with E-state index in [2.05, 4.69) is 22.7 Å². The Kier molecular flexibility index (Phi) is 2.72. The summed E-state index contributed by atoms with van der Waals surface area (Å²) in [6.07, 6.45) is -0.805. The smallest absolute Gasteiger partial charge is 0.278 e. The van der Waals surface area contributed by atoms with Crippen molar-refractivity contribution in [2.24, 2.45) is 5.10 Å². The van der Waals surface area contributed by atoms with Crippen molar-refractivity contribution in [3.8, 4) is 0 Å². The Labute approximate surface area is 75.0 Å². The van der Waals surface area contributed by atoms with E-state index in [4.69, 9.17) is 5.11 Å². The Hall–Kier alpha value is -1.01. The van der Waals surface area contributed by atoms with Crippen LogP contribution < -0.4 is 5.43 Å². The molecule has 0 saturated heterocycles. The summed E-state index contributed by atoms with van der Waals surface area (Å²) in [5.74, 6) is 0.0946. The van der Waals surface area contributed by atoms with Crippen molar-refractivity contribution in [2.45, 2.75) is 12.6 Å². The van der Waals surface area contributed by atoms with Gasteiger partial charge in [-0.3, -0.25) is 15.1 Å². The molecule has 1 aliphatic heterocycles. The van der Waals surface area contributed by atoms with E-state index >= 15 is 0 Å². The van der Waals surface area contributed by atoms with E-state index in [0.29, 0.717) is 12.3 Å². The Bertz CT molecular complexity index is 241. The minimum atomic E-state index is -1.23. The summed E-state index contributed by atoms with van der Waals surface area (Å²) in [6.45, 7) is 0. The predicted octanol–water partition coefficient (Wildman–Crippen LogP) is -0.930. The Morgan fingerprint density at radius 1 is 1.92 bits per heavy atom. The number of hydrazone groups is 1. The fraction of sp³-hybridized carbons (Fsp3) is 0.500. The van der Waals surface area contributed by atoms with E-state index in [1.54, 1.807) is 7.05 Å². The first-order chi connectivity index (χ1) is 5.66. The molecule has 1 aliphatic rings. The van der Waals surface area contributed by atoms with Crippen LogP contribution in [0.25, 0.3) is 0 Å². The highest BCUT2D eigenvalue weighted by Crippen LogP contribution is 2.01.